The molecule has 1 fully saturated rings. The van der Waals surface area contributed by atoms with Crippen LogP contribution >= 0.6 is 0 Å². The van der Waals surface area contributed by atoms with Gasteiger partial charge in [-0.15, -0.1) is 0 Å². The van der Waals surface area contributed by atoms with Crippen LogP contribution < -0.4 is 15.4 Å². The minimum absolute atomic E-state index is 0.338. The zero-order valence-corrected chi connectivity index (χ0v) is 14.0. The molecule has 2 aromatic rings. The molecule has 3 rings (SSSR count). The van der Waals surface area contributed by atoms with Crippen molar-refractivity contribution in [2.45, 2.75) is 26.3 Å². The number of rotatable bonds is 4. The first-order chi connectivity index (χ1) is 11.9. The van der Waals surface area contributed by atoms with Crippen LogP contribution in [0.15, 0.2) is 42.5 Å². The number of esters is 1. The lowest BCUT2D eigenvalue weighted by atomic mass is 10.1. The summed E-state index contributed by atoms with van der Waals surface area (Å²) < 4.78 is 5.39. The van der Waals surface area contributed by atoms with E-state index in [2.05, 4.69) is 10.6 Å². The number of aryl methyl sites for hydroxylation is 2. The summed E-state index contributed by atoms with van der Waals surface area (Å²) in [7, 11) is 0. The molecule has 128 valence electrons. The molecule has 0 saturated carbocycles. The number of benzene rings is 2. The molecule has 0 radical (unpaired) electrons. The molecule has 2 aromatic carbocycles. The van der Waals surface area contributed by atoms with Gasteiger partial charge in [0.05, 0.1) is 5.56 Å². The lowest BCUT2D eigenvalue weighted by Gasteiger charge is -2.09. The van der Waals surface area contributed by atoms with Crippen molar-refractivity contribution in [3.8, 4) is 5.75 Å². The van der Waals surface area contributed by atoms with E-state index in [1.165, 1.54) is 0 Å². The number of urea groups is 1. The molecule has 6 heteroatoms. The zero-order chi connectivity index (χ0) is 18.0. The van der Waals surface area contributed by atoms with Gasteiger partial charge in [0.15, 0.2) is 0 Å². The number of hydrogen-bond donors (Lipinski definition) is 2. The minimum atomic E-state index is -0.573. The van der Waals surface area contributed by atoms with E-state index in [4.69, 9.17) is 4.74 Å². The SMILES string of the molecule is Cc1cc(C)cc(C(=O)Oc2ccc(C[C@@H]3NC(=O)NC3=O)cc2)c1. The molecule has 6 nitrogen and oxygen atoms in total. The van der Waals surface area contributed by atoms with Crippen LogP contribution in [-0.2, 0) is 11.2 Å². The Morgan fingerprint density at radius 3 is 2.24 bits per heavy atom. The molecule has 1 heterocycles. The predicted octanol–water partition coefficient (Wildman–Crippen LogP) is 2.27. The summed E-state index contributed by atoms with van der Waals surface area (Å²) in [6, 6.07) is 11.4. The second-order valence-electron chi connectivity index (χ2n) is 6.13. The maximum absolute atomic E-state index is 12.2. The van der Waals surface area contributed by atoms with Crippen molar-refractivity contribution < 1.29 is 19.1 Å². The number of ether oxygens (including phenoxy) is 1. The molecular formula is C19H18N2O4. The van der Waals surface area contributed by atoms with Gasteiger partial charge in [0.2, 0.25) is 0 Å². The van der Waals surface area contributed by atoms with Crippen LogP contribution in [0.2, 0.25) is 0 Å². The van der Waals surface area contributed by atoms with E-state index in [9.17, 15) is 14.4 Å². The topological polar surface area (TPSA) is 84.5 Å². The molecule has 1 atom stereocenters. The Morgan fingerprint density at radius 1 is 1.04 bits per heavy atom. The molecule has 25 heavy (non-hydrogen) atoms. The Morgan fingerprint density at radius 2 is 1.68 bits per heavy atom. The molecular weight excluding hydrogens is 320 g/mol. The van der Waals surface area contributed by atoms with Crippen LogP contribution in [0.3, 0.4) is 0 Å². The smallest absolute Gasteiger partial charge is 0.343 e. The van der Waals surface area contributed by atoms with Crippen molar-refractivity contribution in [1.82, 2.24) is 10.6 Å². The fourth-order valence-electron chi connectivity index (χ4n) is 2.79. The van der Waals surface area contributed by atoms with Gasteiger partial charge in [-0.05, 0) is 43.7 Å². The quantitative estimate of drug-likeness (QED) is 0.509. The number of carbonyl (C=O) groups excluding carboxylic acids is 3. The Hall–Kier alpha value is -3.15. The summed E-state index contributed by atoms with van der Waals surface area (Å²) in [5.41, 5.74) is 3.36. The van der Waals surface area contributed by atoms with Gasteiger partial charge < -0.3 is 10.1 Å². The number of nitrogens with one attached hydrogen (secondary N) is 2. The Bertz CT molecular complexity index is 823. The lowest BCUT2D eigenvalue weighted by Crippen LogP contribution is -2.31. The molecule has 0 bridgehead atoms. The van der Waals surface area contributed by atoms with E-state index in [-0.39, 0.29) is 5.91 Å². The van der Waals surface area contributed by atoms with Crippen molar-refractivity contribution in [3.63, 3.8) is 0 Å². The van der Waals surface area contributed by atoms with E-state index < -0.39 is 18.0 Å². The van der Waals surface area contributed by atoms with Crippen molar-refractivity contribution in [2.24, 2.45) is 0 Å². The highest BCUT2D eigenvalue weighted by molar-refractivity contribution is 6.04. The Kier molecular flexibility index (Phi) is 4.52. The molecule has 1 saturated heterocycles. The average Bonchev–Trinajstić information content (AvgIpc) is 2.86. The van der Waals surface area contributed by atoms with Gasteiger partial charge in [-0.2, -0.15) is 0 Å². The Balaban J connectivity index is 1.65. The van der Waals surface area contributed by atoms with Gasteiger partial charge in [0.1, 0.15) is 11.8 Å². The largest absolute Gasteiger partial charge is 0.423 e. The van der Waals surface area contributed by atoms with Gasteiger partial charge in [0, 0.05) is 6.42 Å². The van der Waals surface area contributed by atoms with Crippen molar-refractivity contribution in [3.05, 3.63) is 64.7 Å². The molecule has 1 aliphatic rings. The van der Waals surface area contributed by atoms with E-state index in [0.717, 1.165) is 16.7 Å². The number of hydrogen-bond acceptors (Lipinski definition) is 4. The first-order valence-corrected chi connectivity index (χ1v) is 7.91. The number of amides is 3. The summed E-state index contributed by atoms with van der Waals surface area (Å²) >= 11 is 0. The normalized spacial score (nSPS) is 16.3. The van der Waals surface area contributed by atoms with Crippen LogP contribution in [0.1, 0.15) is 27.0 Å². The standard InChI is InChI=1S/C19H18N2O4/c1-11-7-12(2)9-14(8-11)18(23)25-15-5-3-13(4-6-15)10-16-17(22)21-19(24)20-16/h3-9,16H,10H2,1-2H3,(H2,20,21,22,24)/t16-/m0/s1. The summed E-state index contributed by atoms with van der Waals surface area (Å²) in [5, 5.41) is 4.74. The number of imide groups is 1. The van der Waals surface area contributed by atoms with Crippen LogP contribution in [0.4, 0.5) is 4.79 Å². The highest BCUT2D eigenvalue weighted by Gasteiger charge is 2.29. The zero-order valence-electron chi connectivity index (χ0n) is 14.0. The summed E-state index contributed by atoms with van der Waals surface area (Å²) in [6.45, 7) is 3.85. The molecule has 0 aromatic heterocycles. The van der Waals surface area contributed by atoms with Crippen LogP contribution in [-0.4, -0.2) is 23.9 Å². The third-order valence-corrected chi connectivity index (χ3v) is 3.89. The lowest BCUT2D eigenvalue weighted by molar-refractivity contribution is -0.120. The van der Waals surface area contributed by atoms with Crippen molar-refractivity contribution >= 4 is 17.9 Å². The fraction of sp³-hybridized carbons (Fsp3) is 0.211. The molecule has 0 aliphatic carbocycles. The second-order valence-corrected chi connectivity index (χ2v) is 6.13. The van der Waals surface area contributed by atoms with Crippen molar-refractivity contribution in [2.75, 3.05) is 0 Å². The van der Waals surface area contributed by atoms with Gasteiger partial charge in [-0.25, -0.2) is 9.59 Å². The summed E-state index contributed by atoms with van der Waals surface area (Å²) in [4.78, 5) is 34.9. The third kappa shape index (κ3) is 4.03. The van der Waals surface area contributed by atoms with E-state index in [0.29, 0.717) is 17.7 Å². The molecule has 3 amide bonds. The first-order valence-electron chi connectivity index (χ1n) is 7.91. The van der Waals surface area contributed by atoms with E-state index >= 15 is 0 Å². The van der Waals surface area contributed by atoms with Crippen LogP contribution in [0.25, 0.3) is 0 Å². The summed E-state index contributed by atoms with van der Waals surface area (Å²) in [6.07, 6.45) is 0.378. The highest BCUT2D eigenvalue weighted by Crippen LogP contribution is 2.17. The van der Waals surface area contributed by atoms with E-state index in [1.807, 2.05) is 19.9 Å². The summed E-state index contributed by atoms with van der Waals surface area (Å²) in [5.74, 6) is -0.329. The van der Waals surface area contributed by atoms with Gasteiger partial charge >= 0.3 is 12.0 Å². The highest BCUT2D eigenvalue weighted by atomic mass is 16.5. The predicted molar refractivity (Wildman–Crippen MR) is 91.5 cm³/mol. The number of carbonyl (C=O) groups is 3. The maximum atomic E-state index is 12.2. The van der Waals surface area contributed by atoms with Crippen LogP contribution in [0, 0.1) is 13.8 Å². The van der Waals surface area contributed by atoms with Gasteiger partial charge in [0.25, 0.3) is 5.91 Å². The first kappa shape index (κ1) is 16.7. The van der Waals surface area contributed by atoms with E-state index in [1.54, 1.807) is 36.4 Å². The van der Waals surface area contributed by atoms with Crippen LogP contribution in [0.5, 0.6) is 5.75 Å². The second kappa shape index (κ2) is 6.76. The third-order valence-electron chi connectivity index (χ3n) is 3.89. The maximum Gasteiger partial charge on any atom is 0.343 e. The molecule has 1 aliphatic heterocycles. The monoisotopic (exact) mass is 338 g/mol. The van der Waals surface area contributed by atoms with Gasteiger partial charge in [-0.3, -0.25) is 10.1 Å². The Labute approximate surface area is 145 Å². The molecule has 0 unspecified atom stereocenters. The van der Waals surface area contributed by atoms with Gasteiger partial charge in [-0.1, -0.05) is 29.3 Å². The average molecular weight is 338 g/mol. The molecule has 2 N–H and O–H groups in total. The van der Waals surface area contributed by atoms with Crippen molar-refractivity contribution in [1.29, 1.82) is 0 Å². The fourth-order valence-corrected chi connectivity index (χ4v) is 2.79. The molecule has 0 spiro atoms. The minimum Gasteiger partial charge on any atom is -0.423 e.